The molecule has 128 valence electrons. The van der Waals surface area contributed by atoms with Gasteiger partial charge in [-0.2, -0.15) is 0 Å². The maximum absolute atomic E-state index is 12.7. The van der Waals surface area contributed by atoms with E-state index in [1.54, 1.807) is 0 Å². The van der Waals surface area contributed by atoms with Gasteiger partial charge in [0.25, 0.3) is 5.91 Å². The minimum atomic E-state index is 0. The van der Waals surface area contributed by atoms with Gasteiger partial charge < -0.3 is 14.6 Å². The summed E-state index contributed by atoms with van der Waals surface area (Å²) in [4.78, 5) is 19.8. The summed E-state index contributed by atoms with van der Waals surface area (Å²) in [6.45, 7) is 8.21. The third-order valence-electron chi connectivity index (χ3n) is 3.60. The lowest BCUT2D eigenvalue weighted by Crippen LogP contribution is -2.51. The van der Waals surface area contributed by atoms with Gasteiger partial charge in [0.05, 0.1) is 5.69 Å². The molecular weight excluding hydrogens is 357 g/mol. The van der Waals surface area contributed by atoms with Crippen LogP contribution in [0.15, 0.2) is 16.5 Å². The van der Waals surface area contributed by atoms with Crippen molar-refractivity contribution in [3.05, 3.63) is 28.5 Å². The van der Waals surface area contributed by atoms with E-state index in [2.05, 4.69) is 17.2 Å². The zero-order chi connectivity index (χ0) is 15.0. The summed E-state index contributed by atoms with van der Waals surface area (Å²) in [6, 6.07) is 4.14. The van der Waals surface area contributed by atoms with Crippen LogP contribution in [0.5, 0.6) is 0 Å². The van der Waals surface area contributed by atoms with E-state index in [9.17, 15) is 4.79 Å². The molecule has 1 N–H and O–H groups in total. The van der Waals surface area contributed by atoms with Gasteiger partial charge in [-0.15, -0.1) is 36.2 Å². The number of hydrogen-bond donors (Lipinski definition) is 1. The highest BCUT2D eigenvalue weighted by Crippen LogP contribution is 2.30. The predicted molar refractivity (Wildman–Crippen MR) is 97.2 cm³/mol. The second kappa shape index (κ2) is 8.15. The molecule has 2 aromatic rings. The quantitative estimate of drug-likeness (QED) is 0.871. The minimum Gasteiger partial charge on any atom is -0.459 e. The number of carbonyl (C=O) groups excluding carboxylic acids is 1. The SMILES string of the molecule is Cc1ccc(-c2nc(C)c(C(=O)N3CCNC(C)C3)s2)o1.Cl.Cl. The Kier molecular flexibility index (Phi) is 7.07. The number of halogens is 2. The predicted octanol–water partition coefficient (Wildman–Crippen LogP) is 3.30. The van der Waals surface area contributed by atoms with Gasteiger partial charge in [0.15, 0.2) is 10.8 Å². The standard InChI is InChI=1S/C15H19N3O2S.2ClH/c1-9-8-18(7-6-16-9)15(19)13-11(3)17-14(21-13)12-5-4-10(2)20-12;;/h4-5,9,16H,6-8H2,1-3H3;2*1H. The molecule has 0 saturated carbocycles. The maximum Gasteiger partial charge on any atom is 0.265 e. The largest absolute Gasteiger partial charge is 0.459 e. The van der Waals surface area contributed by atoms with Crippen LogP contribution in [0.2, 0.25) is 0 Å². The molecule has 0 radical (unpaired) electrons. The number of nitrogens with one attached hydrogen (secondary N) is 1. The fourth-order valence-corrected chi connectivity index (χ4v) is 3.51. The van der Waals surface area contributed by atoms with E-state index in [-0.39, 0.29) is 30.7 Å². The van der Waals surface area contributed by atoms with E-state index in [4.69, 9.17) is 4.42 Å². The summed E-state index contributed by atoms with van der Waals surface area (Å²) in [6.07, 6.45) is 0. The number of amides is 1. The molecule has 1 fully saturated rings. The maximum atomic E-state index is 12.7. The van der Waals surface area contributed by atoms with Gasteiger partial charge >= 0.3 is 0 Å². The number of carbonyl (C=O) groups is 1. The summed E-state index contributed by atoms with van der Waals surface area (Å²) in [7, 11) is 0. The lowest BCUT2D eigenvalue weighted by Gasteiger charge is -2.31. The van der Waals surface area contributed by atoms with Crippen LogP contribution < -0.4 is 5.32 Å². The number of aromatic nitrogens is 1. The summed E-state index contributed by atoms with van der Waals surface area (Å²) in [5.74, 6) is 1.66. The van der Waals surface area contributed by atoms with Gasteiger partial charge in [0.1, 0.15) is 10.6 Å². The summed E-state index contributed by atoms with van der Waals surface area (Å²) in [5, 5.41) is 4.12. The van der Waals surface area contributed by atoms with Crippen molar-refractivity contribution in [2.45, 2.75) is 26.8 Å². The highest BCUT2D eigenvalue weighted by Gasteiger charge is 2.25. The Morgan fingerprint density at radius 3 is 2.74 bits per heavy atom. The Morgan fingerprint density at radius 2 is 2.13 bits per heavy atom. The lowest BCUT2D eigenvalue weighted by molar-refractivity contribution is 0.0713. The lowest BCUT2D eigenvalue weighted by atomic mass is 10.2. The normalized spacial score (nSPS) is 17.3. The molecule has 1 aliphatic heterocycles. The first kappa shape index (κ1) is 20.0. The topological polar surface area (TPSA) is 58.4 Å². The number of hydrogen-bond acceptors (Lipinski definition) is 5. The number of nitrogens with zero attached hydrogens (tertiary/aromatic N) is 2. The second-order valence-electron chi connectivity index (χ2n) is 5.45. The van der Waals surface area contributed by atoms with Crippen molar-refractivity contribution in [1.29, 1.82) is 0 Å². The molecule has 1 atom stereocenters. The third-order valence-corrected chi connectivity index (χ3v) is 4.76. The van der Waals surface area contributed by atoms with Crippen LogP contribution in [0.3, 0.4) is 0 Å². The first-order valence-corrected chi connectivity index (χ1v) is 7.93. The smallest absolute Gasteiger partial charge is 0.265 e. The molecule has 23 heavy (non-hydrogen) atoms. The van der Waals surface area contributed by atoms with Crippen molar-refractivity contribution in [3.63, 3.8) is 0 Å². The van der Waals surface area contributed by atoms with E-state index >= 15 is 0 Å². The van der Waals surface area contributed by atoms with Crippen LogP contribution in [0.1, 0.15) is 28.0 Å². The molecule has 0 aliphatic carbocycles. The summed E-state index contributed by atoms with van der Waals surface area (Å²) < 4.78 is 5.59. The Bertz CT molecular complexity index is 671. The average Bonchev–Trinajstić information content (AvgIpc) is 3.04. The monoisotopic (exact) mass is 377 g/mol. The highest BCUT2D eigenvalue weighted by atomic mass is 35.5. The van der Waals surface area contributed by atoms with Crippen molar-refractivity contribution in [2.75, 3.05) is 19.6 Å². The van der Waals surface area contributed by atoms with Gasteiger partial charge in [-0.25, -0.2) is 4.98 Å². The van der Waals surface area contributed by atoms with Crippen LogP contribution in [0.25, 0.3) is 10.8 Å². The molecule has 3 heterocycles. The van der Waals surface area contributed by atoms with Crippen LogP contribution in [-0.4, -0.2) is 41.5 Å². The number of furan rings is 1. The third kappa shape index (κ3) is 4.26. The highest BCUT2D eigenvalue weighted by molar-refractivity contribution is 7.17. The zero-order valence-electron chi connectivity index (χ0n) is 13.3. The molecule has 1 saturated heterocycles. The molecule has 1 amide bonds. The molecule has 1 unspecified atom stereocenters. The first-order valence-electron chi connectivity index (χ1n) is 7.11. The van der Waals surface area contributed by atoms with Crippen molar-refractivity contribution in [3.8, 4) is 10.8 Å². The second-order valence-corrected chi connectivity index (χ2v) is 6.45. The fourth-order valence-electron chi connectivity index (χ4n) is 2.51. The first-order chi connectivity index (χ1) is 10.0. The van der Waals surface area contributed by atoms with Crippen molar-refractivity contribution in [2.24, 2.45) is 0 Å². The molecule has 0 aromatic carbocycles. The summed E-state index contributed by atoms with van der Waals surface area (Å²) >= 11 is 1.41. The van der Waals surface area contributed by atoms with Gasteiger partial charge in [-0.05, 0) is 32.9 Å². The van der Waals surface area contributed by atoms with Gasteiger partial charge in [-0.3, -0.25) is 4.79 Å². The van der Waals surface area contributed by atoms with E-state index in [1.807, 2.05) is 30.9 Å². The Labute approximate surface area is 152 Å². The number of aryl methyl sites for hydroxylation is 2. The molecule has 3 rings (SSSR count). The molecule has 0 spiro atoms. The Balaban J connectivity index is 0.00000132. The Hall–Kier alpha value is -1.08. The molecule has 5 nitrogen and oxygen atoms in total. The minimum absolute atomic E-state index is 0. The molecular formula is C15H21Cl2N3O2S. The van der Waals surface area contributed by atoms with Gasteiger partial charge in [0.2, 0.25) is 0 Å². The molecule has 2 aromatic heterocycles. The van der Waals surface area contributed by atoms with E-state index in [1.165, 1.54) is 11.3 Å². The van der Waals surface area contributed by atoms with Crippen molar-refractivity contribution >= 4 is 42.1 Å². The van der Waals surface area contributed by atoms with Crippen LogP contribution >= 0.6 is 36.2 Å². The molecule has 8 heteroatoms. The van der Waals surface area contributed by atoms with E-state index < -0.39 is 0 Å². The van der Waals surface area contributed by atoms with E-state index in [0.29, 0.717) is 10.9 Å². The van der Waals surface area contributed by atoms with Crippen LogP contribution in [0, 0.1) is 13.8 Å². The van der Waals surface area contributed by atoms with Gasteiger partial charge in [0, 0.05) is 25.7 Å². The molecule has 1 aliphatic rings. The average molecular weight is 378 g/mol. The van der Waals surface area contributed by atoms with Crippen molar-refractivity contribution < 1.29 is 9.21 Å². The fraction of sp³-hybridized carbons (Fsp3) is 0.467. The Morgan fingerprint density at radius 1 is 1.39 bits per heavy atom. The van der Waals surface area contributed by atoms with E-state index in [0.717, 1.165) is 41.9 Å². The van der Waals surface area contributed by atoms with Crippen LogP contribution in [0.4, 0.5) is 0 Å². The zero-order valence-corrected chi connectivity index (χ0v) is 15.7. The number of thiazole rings is 1. The number of piperazine rings is 1. The summed E-state index contributed by atoms with van der Waals surface area (Å²) in [5.41, 5.74) is 0.778. The van der Waals surface area contributed by atoms with Crippen molar-refractivity contribution in [1.82, 2.24) is 15.2 Å². The van der Waals surface area contributed by atoms with Crippen LogP contribution in [-0.2, 0) is 0 Å². The van der Waals surface area contributed by atoms with Gasteiger partial charge in [-0.1, -0.05) is 0 Å². The number of rotatable bonds is 2. The molecule has 0 bridgehead atoms.